The van der Waals surface area contributed by atoms with Crippen LogP contribution in [0.3, 0.4) is 0 Å². The lowest BCUT2D eigenvalue weighted by Gasteiger charge is -2.18. The Labute approximate surface area is 134 Å². The molecule has 0 saturated carbocycles. The van der Waals surface area contributed by atoms with Crippen molar-refractivity contribution in [1.29, 1.82) is 0 Å². The summed E-state index contributed by atoms with van der Waals surface area (Å²) in [6.45, 7) is 0.364. The Balaban J connectivity index is 2.20. The standard InChI is InChI=1S/C15H18ClN3O3/c1-18(9-12-11(16)8-17-19(12)2)15(20)10-5-6-13(21-3)14(7-10)22-4/h5-8H,9H2,1-4H3. The maximum atomic E-state index is 12.5. The number of carbonyl (C=O) groups is 1. The van der Waals surface area contributed by atoms with Gasteiger partial charge in [0.1, 0.15) is 0 Å². The van der Waals surface area contributed by atoms with Crippen molar-refractivity contribution in [2.24, 2.45) is 7.05 Å². The zero-order valence-electron chi connectivity index (χ0n) is 13.0. The number of ether oxygens (including phenoxy) is 2. The van der Waals surface area contributed by atoms with E-state index in [2.05, 4.69) is 5.10 Å². The van der Waals surface area contributed by atoms with Crippen molar-refractivity contribution in [1.82, 2.24) is 14.7 Å². The van der Waals surface area contributed by atoms with Gasteiger partial charge in [-0.05, 0) is 18.2 Å². The van der Waals surface area contributed by atoms with Gasteiger partial charge in [0, 0.05) is 19.7 Å². The Morgan fingerprint density at radius 2 is 2.00 bits per heavy atom. The van der Waals surface area contributed by atoms with Gasteiger partial charge in [0.2, 0.25) is 0 Å². The molecule has 0 spiro atoms. The van der Waals surface area contributed by atoms with Gasteiger partial charge in [-0.25, -0.2) is 0 Å². The van der Waals surface area contributed by atoms with Gasteiger partial charge < -0.3 is 14.4 Å². The SMILES string of the molecule is COc1ccc(C(=O)N(C)Cc2c(Cl)cnn2C)cc1OC. The number of nitrogens with zero attached hydrogens (tertiary/aromatic N) is 3. The van der Waals surface area contributed by atoms with Crippen molar-refractivity contribution >= 4 is 17.5 Å². The van der Waals surface area contributed by atoms with E-state index in [0.717, 1.165) is 5.69 Å². The minimum absolute atomic E-state index is 0.141. The molecule has 0 saturated heterocycles. The number of amides is 1. The van der Waals surface area contributed by atoms with Crippen molar-refractivity contribution in [3.8, 4) is 11.5 Å². The van der Waals surface area contributed by atoms with Crippen LogP contribution in [0.4, 0.5) is 0 Å². The molecule has 6 nitrogen and oxygen atoms in total. The number of rotatable bonds is 5. The molecule has 0 aliphatic carbocycles. The molecule has 0 bridgehead atoms. The largest absolute Gasteiger partial charge is 0.493 e. The molecule has 0 fully saturated rings. The molecule has 22 heavy (non-hydrogen) atoms. The molecule has 1 heterocycles. The minimum Gasteiger partial charge on any atom is -0.493 e. The Morgan fingerprint density at radius 1 is 1.32 bits per heavy atom. The third-order valence-corrected chi connectivity index (χ3v) is 3.69. The van der Waals surface area contributed by atoms with E-state index in [0.29, 0.717) is 28.6 Å². The summed E-state index contributed by atoms with van der Waals surface area (Å²) in [5, 5.41) is 4.60. The highest BCUT2D eigenvalue weighted by Gasteiger charge is 2.17. The number of carbonyl (C=O) groups excluding carboxylic acids is 1. The van der Waals surface area contributed by atoms with Crippen LogP contribution >= 0.6 is 11.6 Å². The number of aryl methyl sites for hydroxylation is 1. The highest BCUT2D eigenvalue weighted by molar-refractivity contribution is 6.31. The Hall–Kier alpha value is -2.21. The van der Waals surface area contributed by atoms with Crippen LogP contribution < -0.4 is 9.47 Å². The molecule has 2 aromatic rings. The maximum Gasteiger partial charge on any atom is 0.254 e. The van der Waals surface area contributed by atoms with Crippen molar-refractivity contribution in [2.75, 3.05) is 21.3 Å². The summed E-state index contributed by atoms with van der Waals surface area (Å²) in [4.78, 5) is 14.1. The van der Waals surface area contributed by atoms with E-state index in [1.807, 2.05) is 0 Å². The van der Waals surface area contributed by atoms with E-state index in [1.165, 1.54) is 7.11 Å². The molecular formula is C15H18ClN3O3. The van der Waals surface area contributed by atoms with E-state index in [9.17, 15) is 4.79 Å². The van der Waals surface area contributed by atoms with Crippen molar-refractivity contribution in [3.63, 3.8) is 0 Å². The van der Waals surface area contributed by atoms with Gasteiger partial charge in [-0.15, -0.1) is 0 Å². The molecule has 0 aliphatic heterocycles. The third kappa shape index (κ3) is 3.17. The number of hydrogen-bond acceptors (Lipinski definition) is 4. The van der Waals surface area contributed by atoms with E-state index in [1.54, 1.807) is 55.2 Å². The Bertz CT molecular complexity index is 665. The molecule has 7 heteroatoms. The topological polar surface area (TPSA) is 56.6 Å². The highest BCUT2D eigenvalue weighted by Crippen LogP contribution is 2.28. The van der Waals surface area contributed by atoms with Gasteiger partial charge in [0.15, 0.2) is 11.5 Å². The first-order valence-electron chi connectivity index (χ1n) is 6.61. The van der Waals surface area contributed by atoms with Gasteiger partial charge in [0.25, 0.3) is 5.91 Å². The monoisotopic (exact) mass is 323 g/mol. The number of hydrogen-bond donors (Lipinski definition) is 0. The van der Waals surface area contributed by atoms with E-state index >= 15 is 0 Å². The van der Waals surface area contributed by atoms with Crippen molar-refractivity contribution in [3.05, 3.63) is 40.7 Å². The normalized spacial score (nSPS) is 10.4. The van der Waals surface area contributed by atoms with Crippen LogP contribution in [0.1, 0.15) is 16.1 Å². The first-order valence-corrected chi connectivity index (χ1v) is 6.99. The maximum absolute atomic E-state index is 12.5. The second-order valence-electron chi connectivity index (χ2n) is 4.79. The van der Waals surface area contributed by atoms with Crippen LogP contribution in [0.25, 0.3) is 0 Å². The summed E-state index contributed by atoms with van der Waals surface area (Å²) in [6.07, 6.45) is 1.56. The molecule has 0 aliphatic rings. The molecule has 1 aromatic carbocycles. The molecule has 0 unspecified atom stereocenters. The van der Waals surface area contributed by atoms with E-state index in [-0.39, 0.29) is 5.91 Å². The van der Waals surface area contributed by atoms with Crippen LogP contribution in [-0.2, 0) is 13.6 Å². The predicted molar refractivity (Wildman–Crippen MR) is 83.6 cm³/mol. The zero-order valence-corrected chi connectivity index (χ0v) is 13.7. The lowest BCUT2D eigenvalue weighted by atomic mass is 10.1. The molecule has 0 radical (unpaired) electrons. The summed E-state index contributed by atoms with van der Waals surface area (Å²) in [5.74, 6) is 0.954. The first kappa shape index (κ1) is 16.2. The Kier molecular flexibility index (Phi) is 4.92. The highest BCUT2D eigenvalue weighted by atomic mass is 35.5. The molecule has 1 aromatic heterocycles. The summed E-state index contributed by atoms with van der Waals surface area (Å²) in [5.41, 5.74) is 1.29. The summed E-state index contributed by atoms with van der Waals surface area (Å²) in [7, 11) is 6.58. The fraction of sp³-hybridized carbons (Fsp3) is 0.333. The smallest absolute Gasteiger partial charge is 0.254 e. The molecule has 0 atom stereocenters. The number of benzene rings is 1. The molecule has 0 N–H and O–H groups in total. The van der Waals surface area contributed by atoms with Crippen molar-refractivity contribution < 1.29 is 14.3 Å². The molecule has 118 valence electrons. The van der Waals surface area contributed by atoms with Gasteiger partial charge in [-0.2, -0.15) is 5.10 Å². The Morgan fingerprint density at radius 3 is 2.55 bits per heavy atom. The number of methoxy groups -OCH3 is 2. The summed E-state index contributed by atoms with van der Waals surface area (Å²) < 4.78 is 12.0. The summed E-state index contributed by atoms with van der Waals surface area (Å²) in [6, 6.07) is 5.06. The average Bonchev–Trinajstić information content (AvgIpc) is 2.85. The molecule has 1 amide bonds. The van der Waals surface area contributed by atoms with Gasteiger partial charge >= 0.3 is 0 Å². The van der Waals surface area contributed by atoms with Gasteiger partial charge in [0.05, 0.1) is 37.7 Å². The molecular weight excluding hydrogens is 306 g/mol. The van der Waals surface area contributed by atoms with E-state index < -0.39 is 0 Å². The van der Waals surface area contributed by atoms with Crippen LogP contribution in [0.15, 0.2) is 24.4 Å². The fourth-order valence-electron chi connectivity index (χ4n) is 2.10. The van der Waals surface area contributed by atoms with E-state index in [4.69, 9.17) is 21.1 Å². The first-order chi connectivity index (χ1) is 10.5. The lowest BCUT2D eigenvalue weighted by Crippen LogP contribution is -2.27. The second kappa shape index (κ2) is 6.70. The second-order valence-corrected chi connectivity index (χ2v) is 5.20. The zero-order chi connectivity index (χ0) is 16.3. The minimum atomic E-state index is -0.141. The van der Waals surface area contributed by atoms with Crippen LogP contribution in [0.2, 0.25) is 5.02 Å². The van der Waals surface area contributed by atoms with Gasteiger partial charge in [-0.1, -0.05) is 11.6 Å². The quantitative estimate of drug-likeness (QED) is 0.847. The van der Waals surface area contributed by atoms with Crippen molar-refractivity contribution in [2.45, 2.75) is 6.54 Å². The van der Waals surface area contributed by atoms with Gasteiger partial charge in [-0.3, -0.25) is 9.48 Å². The summed E-state index contributed by atoms with van der Waals surface area (Å²) >= 11 is 6.07. The van der Waals surface area contributed by atoms with Crippen LogP contribution in [-0.4, -0.2) is 41.9 Å². The number of halogens is 1. The average molecular weight is 324 g/mol. The third-order valence-electron chi connectivity index (χ3n) is 3.37. The predicted octanol–water partition coefficient (Wildman–Crippen LogP) is 2.36. The number of aromatic nitrogens is 2. The fourth-order valence-corrected chi connectivity index (χ4v) is 2.33. The van der Waals surface area contributed by atoms with Crippen LogP contribution in [0.5, 0.6) is 11.5 Å². The van der Waals surface area contributed by atoms with Crippen LogP contribution in [0, 0.1) is 0 Å². The molecule has 2 rings (SSSR count). The lowest BCUT2D eigenvalue weighted by molar-refractivity contribution is 0.0781.